The lowest BCUT2D eigenvalue weighted by molar-refractivity contribution is 0.762. The summed E-state index contributed by atoms with van der Waals surface area (Å²) in [6.45, 7) is 0. The van der Waals surface area contributed by atoms with Crippen molar-refractivity contribution in [2.45, 2.75) is 12.3 Å². The van der Waals surface area contributed by atoms with Crippen LogP contribution in [0.2, 0.25) is 0 Å². The first-order chi connectivity index (χ1) is 9.76. The van der Waals surface area contributed by atoms with Gasteiger partial charge in [-0.3, -0.25) is 0 Å². The summed E-state index contributed by atoms with van der Waals surface area (Å²) in [6.07, 6.45) is 0.893. The van der Waals surface area contributed by atoms with E-state index in [0.29, 0.717) is 11.8 Å². The maximum atomic E-state index is 6.16. The average Bonchev–Trinajstić information content (AvgIpc) is 2.88. The van der Waals surface area contributed by atoms with Gasteiger partial charge in [-0.25, -0.2) is 4.98 Å². The van der Waals surface area contributed by atoms with E-state index in [0.717, 1.165) is 21.4 Å². The van der Waals surface area contributed by atoms with Crippen molar-refractivity contribution in [3.63, 3.8) is 0 Å². The summed E-state index contributed by atoms with van der Waals surface area (Å²) < 4.78 is 2.33. The highest BCUT2D eigenvalue weighted by Gasteiger charge is 2.14. The third-order valence-corrected chi connectivity index (χ3v) is 5.25. The van der Waals surface area contributed by atoms with Crippen LogP contribution in [0.15, 0.2) is 53.0 Å². The van der Waals surface area contributed by atoms with Gasteiger partial charge in [0.2, 0.25) is 0 Å². The molecule has 0 saturated carbocycles. The van der Waals surface area contributed by atoms with Crippen LogP contribution < -0.4 is 0 Å². The van der Waals surface area contributed by atoms with E-state index in [1.165, 1.54) is 10.3 Å². The number of hydrogen-bond donors (Lipinski definition) is 0. The standard InChI is InChI=1S/C16H13BrClNS/c17-13-7-5-11(6-8-13)12(10-18)9-16-19-14-3-1-2-4-15(14)20-16/h1-8,12H,9-10H2. The summed E-state index contributed by atoms with van der Waals surface area (Å²) in [7, 11) is 0. The molecule has 0 aliphatic heterocycles. The second kappa shape index (κ2) is 6.25. The number of fused-ring (bicyclic) bond motifs is 1. The number of nitrogens with zero attached hydrogens (tertiary/aromatic N) is 1. The van der Waals surface area contributed by atoms with Crippen molar-refractivity contribution in [2.75, 3.05) is 5.88 Å². The largest absolute Gasteiger partial charge is 0.241 e. The molecule has 2 aromatic carbocycles. The molecule has 0 N–H and O–H groups in total. The van der Waals surface area contributed by atoms with Crippen LogP contribution in [0.3, 0.4) is 0 Å². The van der Waals surface area contributed by atoms with Crippen LogP contribution in [0.1, 0.15) is 16.5 Å². The van der Waals surface area contributed by atoms with Gasteiger partial charge in [-0.05, 0) is 29.8 Å². The maximum absolute atomic E-state index is 6.16. The van der Waals surface area contributed by atoms with E-state index >= 15 is 0 Å². The second-order valence-electron chi connectivity index (χ2n) is 4.68. The van der Waals surface area contributed by atoms with Gasteiger partial charge in [-0.2, -0.15) is 0 Å². The molecule has 1 unspecified atom stereocenters. The third-order valence-electron chi connectivity index (χ3n) is 3.29. The fourth-order valence-corrected chi connectivity index (χ4v) is 3.81. The first kappa shape index (κ1) is 14.1. The normalized spacial score (nSPS) is 12.7. The summed E-state index contributed by atoms with van der Waals surface area (Å²) in [5.41, 5.74) is 2.35. The van der Waals surface area contributed by atoms with Crippen LogP contribution in [0, 0.1) is 0 Å². The number of halogens is 2. The Labute approximate surface area is 135 Å². The highest BCUT2D eigenvalue weighted by Crippen LogP contribution is 2.28. The predicted octanol–water partition coefficient (Wildman–Crippen LogP) is 5.62. The molecule has 0 amide bonds. The molecule has 1 nitrogen and oxygen atoms in total. The van der Waals surface area contributed by atoms with Crippen molar-refractivity contribution >= 4 is 49.1 Å². The van der Waals surface area contributed by atoms with Gasteiger partial charge in [-0.1, -0.05) is 40.2 Å². The smallest absolute Gasteiger partial charge is 0.0945 e. The number of para-hydroxylation sites is 1. The minimum Gasteiger partial charge on any atom is -0.241 e. The zero-order valence-electron chi connectivity index (χ0n) is 10.7. The Morgan fingerprint density at radius 1 is 1.10 bits per heavy atom. The molecule has 102 valence electrons. The lowest BCUT2D eigenvalue weighted by Crippen LogP contribution is -2.04. The molecule has 1 heterocycles. The van der Waals surface area contributed by atoms with E-state index in [1.807, 2.05) is 6.07 Å². The molecular formula is C16H13BrClNS. The van der Waals surface area contributed by atoms with Gasteiger partial charge < -0.3 is 0 Å². The predicted molar refractivity (Wildman–Crippen MR) is 90.9 cm³/mol. The summed E-state index contributed by atoms with van der Waals surface area (Å²) in [5, 5.41) is 1.15. The van der Waals surface area contributed by atoms with E-state index < -0.39 is 0 Å². The van der Waals surface area contributed by atoms with Gasteiger partial charge in [0.15, 0.2) is 0 Å². The minimum atomic E-state index is 0.310. The van der Waals surface area contributed by atoms with Gasteiger partial charge in [-0.15, -0.1) is 22.9 Å². The van der Waals surface area contributed by atoms with Gasteiger partial charge in [0.05, 0.1) is 15.2 Å². The van der Waals surface area contributed by atoms with Crippen molar-refractivity contribution in [2.24, 2.45) is 0 Å². The van der Waals surface area contributed by atoms with Gasteiger partial charge in [0.1, 0.15) is 0 Å². The van der Waals surface area contributed by atoms with Crippen molar-refractivity contribution < 1.29 is 0 Å². The molecule has 0 spiro atoms. The Hall–Kier alpha value is -0.900. The Balaban J connectivity index is 1.85. The monoisotopic (exact) mass is 365 g/mol. The van der Waals surface area contributed by atoms with Crippen LogP contribution in [0.25, 0.3) is 10.2 Å². The number of alkyl halides is 1. The summed E-state index contributed by atoms with van der Waals surface area (Å²) in [4.78, 5) is 4.69. The Morgan fingerprint density at radius 3 is 2.55 bits per heavy atom. The number of benzene rings is 2. The van der Waals surface area contributed by atoms with Crippen LogP contribution in [0.5, 0.6) is 0 Å². The molecule has 1 atom stereocenters. The molecule has 0 radical (unpaired) electrons. The minimum absolute atomic E-state index is 0.310. The molecule has 0 fully saturated rings. The number of hydrogen-bond acceptors (Lipinski definition) is 2. The molecule has 0 aliphatic rings. The molecule has 3 rings (SSSR count). The summed E-state index contributed by atoms with van der Waals surface area (Å²) >= 11 is 11.4. The van der Waals surface area contributed by atoms with E-state index in [2.05, 4.69) is 58.4 Å². The molecular weight excluding hydrogens is 354 g/mol. The van der Waals surface area contributed by atoms with Gasteiger partial charge in [0.25, 0.3) is 0 Å². The number of aromatic nitrogens is 1. The van der Waals surface area contributed by atoms with Gasteiger partial charge >= 0.3 is 0 Å². The first-order valence-corrected chi connectivity index (χ1v) is 8.56. The SMILES string of the molecule is ClCC(Cc1nc2ccccc2s1)c1ccc(Br)cc1. The first-order valence-electron chi connectivity index (χ1n) is 6.42. The third kappa shape index (κ3) is 3.05. The zero-order chi connectivity index (χ0) is 13.9. The second-order valence-corrected chi connectivity index (χ2v) is 7.02. The van der Waals surface area contributed by atoms with Crippen LogP contribution in [-0.4, -0.2) is 10.9 Å². The molecule has 20 heavy (non-hydrogen) atoms. The Bertz CT molecular complexity index is 675. The van der Waals surface area contributed by atoms with Crippen LogP contribution >= 0.6 is 38.9 Å². The topological polar surface area (TPSA) is 12.9 Å². The van der Waals surface area contributed by atoms with Crippen molar-refractivity contribution in [1.29, 1.82) is 0 Å². The average molecular weight is 367 g/mol. The molecule has 4 heteroatoms. The van der Waals surface area contributed by atoms with Crippen molar-refractivity contribution in [3.8, 4) is 0 Å². The Morgan fingerprint density at radius 2 is 1.85 bits per heavy atom. The quantitative estimate of drug-likeness (QED) is 0.546. The van der Waals surface area contributed by atoms with E-state index in [4.69, 9.17) is 16.6 Å². The van der Waals surface area contributed by atoms with Crippen molar-refractivity contribution in [3.05, 3.63) is 63.6 Å². The van der Waals surface area contributed by atoms with Crippen molar-refractivity contribution in [1.82, 2.24) is 4.98 Å². The van der Waals surface area contributed by atoms with Gasteiger partial charge in [0, 0.05) is 22.7 Å². The van der Waals surface area contributed by atoms with E-state index in [1.54, 1.807) is 11.3 Å². The lowest BCUT2D eigenvalue weighted by Gasteiger charge is -2.12. The Kier molecular flexibility index (Phi) is 4.39. The molecule has 0 bridgehead atoms. The van der Waals surface area contributed by atoms with Crippen LogP contribution in [-0.2, 0) is 6.42 Å². The summed E-state index contributed by atoms with van der Waals surface area (Å²) in [5.74, 6) is 0.919. The zero-order valence-corrected chi connectivity index (χ0v) is 13.9. The highest BCUT2D eigenvalue weighted by molar-refractivity contribution is 9.10. The number of thiazole rings is 1. The highest BCUT2D eigenvalue weighted by atomic mass is 79.9. The summed E-state index contributed by atoms with van der Waals surface area (Å²) in [6, 6.07) is 16.6. The lowest BCUT2D eigenvalue weighted by atomic mass is 9.98. The van der Waals surface area contributed by atoms with E-state index in [9.17, 15) is 0 Å². The fourth-order valence-electron chi connectivity index (χ4n) is 2.21. The fraction of sp³-hybridized carbons (Fsp3) is 0.188. The molecule has 3 aromatic rings. The maximum Gasteiger partial charge on any atom is 0.0945 e. The van der Waals surface area contributed by atoms with E-state index in [-0.39, 0.29) is 0 Å². The number of rotatable bonds is 4. The molecule has 0 aliphatic carbocycles. The van der Waals surface area contributed by atoms with Crippen LogP contribution in [0.4, 0.5) is 0 Å². The molecule has 0 saturated heterocycles. The molecule has 1 aromatic heterocycles.